The molecule has 1 aromatic heterocycles. The number of alkyl halides is 3. The van der Waals surface area contributed by atoms with E-state index in [1.165, 1.54) is 0 Å². The summed E-state index contributed by atoms with van der Waals surface area (Å²) in [5.41, 5.74) is 3.62. The molecular weight excluding hydrogens is 263 g/mol. The van der Waals surface area contributed by atoms with Gasteiger partial charge in [-0.15, -0.1) is 0 Å². The molecule has 108 valence electrons. The van der Waals surface area contributed by atoms with Gasteiger partial charge in [0.25, 0.3) is 0 Å². The molecular formula is C11H16F3N3O2. The van der Waals surface area contributed by atoms with Crippen molar-refractivity contribution in [1.82, 2.24) is 4.98 Å². The minimum absolute atomic E-state index is 0.0600. The van der Waals surface area contributed by atoms with Gasteiger partial charge in [-0.3, -0.25) is 0 Å². The molecule has 8 heteroatoms. The van der Waals surface area contributed by atoms with Gasteiger partial charge in [0.2, 0.25) is 6.41 Å². The number of anilines is 2. The van der Waals surface area contributed by atoms with Crippen LogP contribution in [0.1, 0.15) is 26.5 Å². The number of nitrogens with zero attached hydrogens (tertiary/aromatic N) is 1. The number of ether oxygens (including phenoxy) is 1. The molecule has 0 saturated carbocycles. The molecule has 0 aromatic carbocycles. The zero-order valence-corrected chi connectivity index (χ0v) is 10.7. The van der Waals surface area contributed by atoms with E-state index in [-0.39, 0.29) is 11.4 Å². The fourth-order valence-electron chi connectivity index (χ4n) is 1.24. The molecule has 0 saturated heterocycles. The van der Waals surface area contributed by atoms with Crippen molar-refractivity contribution in [1.29, 1.82) is 0 Å². The number of hydrogen-bond acceptors (Lipinski definition) is 5. The Morgan fingerprint density at radius 3 is 2.37 bits per heavy atom. The van der Waals surface area contributed by atoms with Crippen molar-refractivity contribution in [2.24, 2.45) is 0 Å². The fraction of sp³-hybridized carbons (Fsp3) is 0.545. The van der Waals surface area contributed by atoms with Gasteiger partial charge >= 0.3 is 6.18 Å². The maximum Gasteiger partial charge on any atom is 0.433 e. The summed E-state index contributed by atoms with van der Waals surface area (Å²) in [5.74, 6) is 0. The Morgan fingerprint density at radius 1 is 1.37 bits per heavy atom. The van der Waals surface area contributed by atoms with Crippen molar-refractivity contribution in [2.45, 2.75) is 39.0 Å². The van der Waals surface area contributed by atoms with Crippen LogP contribution in [0.2, 0.25) is 0 Å². The van der Waals surface area contributed by atoms with E-state index in [9.17, 15) is 18.3 Å². The van der Waals surface area contributed by atoms with Crippen molar-refractivity contribution in [3.63, 3.8) is 0 Å². The first-order chi connectivity index (χ1) is 8.49. The molecule has 0 aliphatic heterocycles. The Labute approximate surface area is 108 Å². The van der Waals surface area contributed by atoms with Gasteiger partial charge in [0.05, 0.1) is 23.2 Å². The maximum absolute atomic E-state index is 12.4. The summed E-state index contributed by atoms with van der Waals surface area (Å²) in [6, 6.07) is 0.687. The molecule has 19 heavy (non-hydrogen) atoms. The molecule has 0 amide bonds. The summed E-state index contributed by atoms with van der Waals surface area (Å²) in [4.78, 5) is 3.23. The van der Waals surface area contributed by atoms with Crippen molar-refractivity contribution in [3.05, 3.63) is 18.0 Å². The van der Waals surface area contributed by atoms with Crippen molar-refractivity contribution < 1.29 is 23.0 Å². The Kier molecular flexibility index (Phi) is 4.26. The van der Waals surface area contributed by atoms with Crippen LogP contribution in [0.4, 0.5) is 24.5 Å². The van der Waals surface area contributed by atoms with Crippen LogP contribution < -0.4 is 11.1 Å². The average molecular weight is 279 g/mol. The van der Waals surface area contributed by atoms with E-state index in [1.807, 2.05) is 0 Å². The predicted molar refractivity (Wildman–Crippen MR) is 64.1 cm³/mol. The smallest absolute Gasteiger partial charge is 0.397 e. The number of halogens is 3. The number of pyridine rings is 1. The van der Waals surface area contributed by atoms with Crippen LogP contribution >= 0.6 is 0 Å². The lowest BCUT2D eigenvalue weighted by atomic mass is 10.2. The summed E-state index contributed by atoms with van der Waals surface area (Å²) in [7, 11) is 0. The van der Waals surface area contributed by atoms with E-state index in [0.717, 1.165) is 6.20 Å². The van der Waals surface area contributed by atoms with Gasteiger partial charge in [0.15, 0.2) is 0 Å². The van der Waals surface area contributed by atoms with Crippen LogP contribution in [0, 0.1) is 0 Å². The number of nitrogens with one attached hydrogen (secondary N) is 1. The van der Waals surface area contributed by atoms with E-state index in [2.05, 4.69) is 10.3 Å². The Hall–Kier alpha value is -1.54. The fourth-order valence-corrected chi connectivity index (χ4v) is 1.24. The molecule has 0 spiro atoms. The zero-order chi connectivity index (χ0) is 14.8. The first kappa shape index (κ1) is 15.5. The van der Waals surface area contributed by atoms with Crippen LogP contribution in [-0.4, -0.2) is 22.1 Å². The van der Waals surface area contributed by atoms with Crippen LogP contribution in [0.5, 0.6) is 0 Å². The van der Waals surface area contributed by atoms with E-state index in [1.54, 1.807) is 20.8 Å². The molecule has 5 nitrogen and oxygen atoms in total. The highest BCUT2D eigenvalue weighted by Gasteiger charge is 2.33. The van der Waals surface area contributed by atoms with Gasteiger partial charge in [-0.1, -0.05) is 0 Å². The summed E-state index contributed by atoms with van der Waals surface area (Å²) >= 11 is 0. The predicted octanol–water partition coefficient (Wildman–Crippen LogP) is 2.19. The lowest BCUT2D eigenvalue weighted by molar-refractivity contribution is -0.148. The average Bonchev–Trinajstić information content (AvgIpc) is 2.16. The number of hydrogen-bond donors (Lipinski definition) is 3. The molecule has 0 aliphatic carbocycles. The quantitative estimate of drug-likeness (QED) is 0.739. The molecule has 1 atom stereocenters. The molecule has 0 aliphatic rings. The second-order valence-electron chi connectivity index (χ2n) is 4.88. The van der Waals surface area contributed by atoms with Gasteiger partial charge in [-0.25, -0.2) is 4.98 Å². The Balaban J connectivity index is 2.81. The monoisotopic (exact) mass is 279 g/mol. The first-order valence-corrected chi connectivity index (χ1v) is 5.44. The highest BCUT2D eigenvalue weighted by Crippen LogP contribution is 2.31. The minimum Gasteiger partial charge on any atom is -0.397 e. The highest BCUT2D eigenvalue weighted by atomic mass is 19.4. The van der Waals surface area contributed by atoms with E-state index >= 15 is 0 Å². The molecule has 1 aromatic rings. The van der Waals surface area contributed by atoms with Crippen LogP contribution in [0.3, 0.4) is 0 Å². The lowest BCUT2D eigenvalue weighted by Crippen LogP contribution is -2.32. The van der Waals surface area contributed by atoms with E-state index in [0.29, 0.717) is 6.07 Å². The Morgan fingerprint density at radius 2 is 1.95 bits per heavy atom. The standard InChI is InChI=1S/C11H16F3N3O2/c1-10(2,3)19-9(18)17-7-5-16-8(4-6(7)15)11(12,13)14/h4-5,9,17-18H,1-3H3,(H2,15,16). The SMILES string of the molecule is CC(C)(C)OC(O)Nc1cnc(C(F)(F)F)cc1N. The van der Waals surface area contributed by atoms with Gasteiger partial charge in [-0.05, 0) is 26.8 Å². The number of aromatic nitrogens is 1. The topological polar surface area (TPSA) is 80.4 Å². The third-order valence-corrected chi connectivity index (χ3v) is 1.97. The van der Waals surface area contributed by atoms with Crippen molar-refractivity contribution in [2.75, 3.05) is 11.1 Å². The molecule has 1 unspecified atom stereocenters. The number of aliphatic hydroxyl groups excluding tert-OH is 1. The van der Waals surface area contributed by atoms with Gasteiger partial charge in [-0.2, -0.15) is 13.2 Å². The molecule has 0 bridgehead atoms. The minimum atomic E-state index is -4.56. The summed E-state index contributed by atoms with van der Waals surface area (Å²) in [5, 5.41) is 12.0. The van der Waals surface area contributed by atoms with Gasteiger partial charge < -0.3 is 20.9 Å². The highest BCUT2D eigenvalue weighted by molar-refractivity contribution is 5.65. The summed E-state index contributed by atoms with van der Waals surface area (Å²) in [6.07, 6.45) is -5.07. The summed E-state index contributed by atoms with van der Waals surface area (Å²) < 4.78 is 42.2. The third kappa shape index (κ3) is 4.92. The van der Waals surface area contributed by atoms with E-state index < -0.39 is 23.9 Å². The van der Waals surface area contributed by atoms with Crippen molar-refractivity contribution >= 4 is 11.4 Å². The largest absolute Gasteiger partial charge is 0.433 e. The van der Waals surface area contributed by atoms with Gasteiger partial charge in [0.1, 0.15) is 5.69 Å². The summed E-state index contributed by atoms with van der Waals surface area (Å²) in [6.45, 7) is 5.14. The maximum atomic E-state index is 12.4. The molecule has 0 fully saturated rings. The molecule has 0 radical (unpaired) electrons. The van der Waals surface area contributed by atoms with Crippen LogP contribution in [-0.2, 0) is 10.9 Å². The van der Waals surface area contributed by atoms with Crippen molar-refractivity contribution in [3.8, 4) is 0 Å². The van der Waals surface area contributed by atoms with E-state index in [4.69, 9.17) is 10.5 Å². The second-order valence-corrected chi connectivity index (χ2v) is 4.88. The molecule has 4 N–H and O–H groups in total. The molecule has 1 heterocycles. The number of nitrogen functional groups attached to an aromatic ring is 1. The number of nitrogens with two attached hydrogens (primary N) is 1. The third-order valence-electron chi connectivity index (χ3n) is 1.97. The zero-order valence-electron chi connectivity index (χ0n) is 10.7. The molecule has 1 rings (SSSR count). The van der Waals surface area contributed by atoms with Gasteiger partial charge in [0, 0.05) is 0 Å². The first-order valence-electron chi connectivity index (χ1n) is 5.44. The number of aliphatic hydroxyl groups is 1. The second kappa shape index (κ2) is 5.22. The lowest BCUT2D eigenvalue weighted by Gasteiger charge is -2.25. The Bertz CT molecular complexity index is 444. The van der Waals surface area contributed by atoms with Crippen LogP contribution in [0.25, 0.3) is 0 Å². The normalized spacial score (nSPS) is 14.3. The number of rotatable bonds is 3. The van der Waals surface area contributed by atoms with Crippen LogP contribution in [0.15, 0.2) is 12.3 Å².